The molecule has 0 aliphatic carbocycles. The zero-order valence-corrected chi connectivity index (χ0v) is 14.7. The van der Waals surface area contributed by atoms with Crippen molar-refractivity contribution in [3.05, 3.63) is 70.7 Å². The molecule has 0 atom stereocenters. The number of carbonyl (C=O) groups excluding carboxylic acids is 2. The van der Waals surface area contributed by atoms with Gasteiger partial charge in [0.2, 0.25) is 5.91 Å². The van der Waals surface area contributed by atoms with E-state index in [2.05, 4.69) is 29.6 Å². The molecule has 1 aliphatic rings. The van der Waals surface area contributed by atoms with E-state index in [1.54, 1.807) is 24.3 Å². The molecule has 0 aromatic heterocycles. The van der Waals surface area contributed by atoms with Gasteiger partial charge in [0.15, 0.2) is 0 Å². The molecule has 2 aromatic rings. The van der Waals surface area contributed by atoms with Crippen LogP contribution in [0.1, 0.15) is 34.7 Å². The molecule has 0 radical (unpaired) electrons. The summed E-state index contributed by atoms with van der Waals surface area (Å²) in [5.41, 5.74) is 1.80. The fraction of sp³-hybridized carbons (Fsp3) is 0.300. The minimum atomic E-state index is -0.282. The third-order valence-corrected chi connectivity index (χ3v) is 4.84. The van der Waals surface area contributed by atoms with E-state index in [0.717, 1.165) is 25.9 Å². The van der Waals surface area contributed by atoms with Crippen LogP contribution >= 0.6 is 11.6 Å². The van der Waals surface area contributed by atoms with Gasteiger partial charge in [-0.1, -0.05) is 48.0 Å². The summed E-state index contributed by atoms with van der Waals surface area (Å²) in [7, 11) is 0. The van der Waals surface area contributed by atoms with Crippen molar-refractivity contribution in [2.75, 3.05) is 19.6 Å². The van der Waals surface area contributed by atoms with Crippen LogP contribution < -0.4 is 5.32 Å². The number of piperidine rings is 1. The first-order valence-corrected chi connectivity index (χ1v) is 8.88. The highest BCUT2D eigenvalue weighted by Gasteiger charge is 2.23. The Bertz CT molecular complexity index is 740. The largest absolute Gasteiger partial charge is 0.343 e. The van der Waals surface area contributed by atoms with Crippen LogP contribution in [0.3, 0.4) is 0 Å². The zero-order chi connectivity index (χ0) is 17.6. The van der Waals surface area contributed by atoms with Gasteiger partial charge in [-0.05, 0) is 42.5 Å². The summed E-state index contributed by atoms with van der Waals surface area (Å²) in [5.74, 6) is 0.184. The Balaban J connectivity index is 1.47. The Hall–Kier alpha value is -2.33. The van der Waals surface area contributed by atoms with Crippen molar-refractivity contribution < 1.29 is 9.59 Å². The average molecular weight is 357 g/mol. The van der Waals surface area contributed by atoms with Gasteiger partial charge in [-0.3, -0.25) is 9.59 Å². The van der Waals surface area contributed by atoms with E-state index in [-0.39, 0.29) is 18.4 Å². The molecular weight excluding hydrogens is 336 g/mol. The molecule has 1 fully saturated rings. The average Bonchev–Trinajstić information content (AvgIpc) is 2.66. The van der Waals surface area contributed by atoms with E-state index in [1.807, 2.05) is 11.0 Å². The molecule has 25 heavy (non-hydrogen) atoms. The van der Waals surface area contributed by atoms with Gasteiger partial charge in [0.05, 0.1) is 6.54 Å². The van der Waals surface area contributed by atoms with Gasteiger partial charge in [0.25, 0.3) is 5.91 Å². The topological polar surface area (TPSA) is 49.4 Å². The standard InChI is InChI=1S/C20H21ClN2O2/c21-18-8-4-7-17(13-18)20(25)22-14-19(24)23-11-9-16(10-12-23)15-5-2-1-3-6-15/h1-8,13,16H,9-12,14H2,(H,22,25). The van der Waals surface area contributed by atoms with Crippen LogP contribution in [-0.4, -0.2) is 36.3 Å². The number of nitrogens with zero attached hydrogens (tertiary/aromatic N) is 1. The summed E-state index contributed by atoms with van der Waals surface area (Å²) in [5, 5.41) is 3.18. The molecule has 4 nitrogen and oxygen atoms in total. The van der Waals surface area contributed by atoms with Gasteiger partial charge < -0.3 is 10.2 Å². The Morgan fingerprint density at radius 3 is 2.44 bits per heavy atom. The lowest BCUT2D eigenvalue weighted by atomic mass is 9.89. The first-order valence-electron chi connectivity index (χ1n) is 8.50. The second-order valence-corrected chi connectivity index (χ2v) is 6.70. The normalized spacial score (nSPS) is 15.0. The van der Waals surface area contributed by atoms with Crippen LogP contribution in [0, 0.1) is 0 Å². The second kappa shape index (κ2) is 8.17. The van der Waals surface area contributed by atoms with Crippen molar-refractivity contribution in [3.8, 4) is 0 Å². The van der Waals surface area contributed by atoms with Gasteiger partial charge in [0, 0.05) is 23.7 Å². The summed E-state index contributed by atoms with van der Waals surface area (Å²) in [6, 6.07) is 17.1. The van der Waals surface area contributed by atoms with E-state index < -0.39 is 0 Å². The Morgan fingerprint density at radius 2 is 1.76 bits per heavy atom. The van der Waals surface area contributed by atoms with E-state index in [4.69, 9.17) is 11.6 Å². The zero-order valence-electron chi connectivity index (χ0n) is 14.0. The van der Waals surface area contributed by atoms with Crippen LogP contribution in [0.4, 0.5) is 0 Å². The molecule has 0 saturated carbocycles. The molecule has 0 spiro atoms. The van der Waals surface area contributed by atoms with Crippen molar-refractivity contribution in [1.82, 2.24) is 10.2 Å². The summed E-state index contributed by atoms with van der Waals surface area (Å²) in [6.45, 7) is 1.47. The molecule has 5 heteroatoms. The number of amides is 2. The van der Waals surface area contributed by atoms with Gasteiger partial charge in [-0.25, -0.2) is 0 Å². The molecule has 2 aromatic carbocycles. The lowest BCUT2D eigenvalue weighted by Gasteiger charge is -2.32. The second-order valence-electron chi connectivity index (χ2n) is 6.26. The summed E-state index contributed by atoms with van der Waals surface area (Å²) in [4.78, 5) is 26.2. The fourth-order valence-electron chi connectivity index (χ4n) is 3.19. The maximum absolute atomic E-state index is 12.3. The smallest absolute Gasteiger partial charge is 0.251 e. The van der Waals surface area contributed by atoms with Crippen LogP contribution in [0.2, 0.25) is 5.02 Å². The molecule has 2 amide bonds. The lowest BCUT2D eigenvalue weighted by molar-refractivity contribution is -0.131. The Labute approximate surface area is 152 Å². The first kappa shape index (κ1) is 17.5. The fourth-order valence-corrected chi connectivity index (χ4v) is 3.38. The van der Waals surface area contributed by atoms with Gasteiger partial charge >= 0.3 is 0 Å². The van der Waals surface area contributed by atoms with E-state index in [1.165, 1.54) is 5.56 Å². The SMILES string of the molecule is O=C(NCC(=O)N1CCC(c2ccccc2)CC1)c1cccc(Cl)c1. The minimum absolute atomic E-state index is 0.0152. The number of halogens is 1. The molecular formula is C20H21ClN2O2. The van der Waals surface area contributed by atoms with E-state index in [0.29, 0.717) is 16.5 Å². The Morgan fingerprint density at radius 1 is 1.04 bits per heavy atom. The number of benzene rings is 2. The Kier molecular flexibility index (Phi) is 5.71. The highest BCUT2D eigenvalue weighted by atomic mass is 35.5. The molecule has 0 unspecified atom stereocenters. The van der Waals surface area contributed by atoms with Crippen LogP contribution in [-0.2, 0) is 4.79 Å². The molecule has 3 rings (SSSR count). The predicted molar refractivity (Wildman–Crippen MR) is 98.8 cm³/mol. The maximum Gasteiger partial charge on any atom is 0.251 e. The maximum atomic E-state index is 12.3. The summed E-state index contributed by atoms with van der Waals surface area (Å²) < 4.78 is 0. The molecule has 1 aliphatic heterocycles. The van der Waals surface area contributed by atoms with Crippen LogP contribution in [0.15, 0.2) is 54.6 Å². The van der Waals surface area contributed by atoms with E-state index >= 15 is 0 Å². The summed E-state index contributed by atoms with van der Waals surface area (Å²) in [6.07, 6.45) is 1.91. The number of carbonyl (C=O) groups is 2. The molecule has 130 valence electrons. The third kappa shape index (κ3) is 4.60. The number of hydrogen-bond donors (Lipinski definition) is 1. The number of nitrogens with one attached hydrogen (secondary N) is 1. The van der Waals surface area contributed by atoms with Gasteiger partial charge in [-0.2, -0.15) is 0 Å². The van der Waals surface area contributed by atoms with Crippen molar-refractivity contribution >= 4 is 23.4 Å². The van der Waals surface area contributed by atoms with Crippen molar-refractivity contribution in [3.63, 3.8) is 0 Å². The van der Waals surface area contributed by atoms with Crippen molar-refractivity contribution in [1.29, 1.82) is 0 Å². The monoisotopic (exact) mass is 356 g/mol. The molecule has 1 N–H and O–H groups in total. The minimum Gasteiger partial charge on any atom is -0.343 e. The van der Waals surface area contributed by atoms with Crippen molar-refractivity contribution in [2.45, 2.75) is 18.8 Å². The predicted octanol–water partition coefficient (Wildman–Crippen LogP) is 3.48. The lowest BCUT2D eigenvalue weighted by Crippen LogP contribution is -2.43. The number of rotatable bonds is 4. The molecule has 0 bridgehead atoms. The molecule has 1 saturated heterocycles. The third-order valence-electron chi connectivity index (χ3n) is 4.61. The summed E-state index contributed by atoms with van der Waals surface area (Å²) >= 11 is 5.88. The first-order chi connectivity index (χ1) is 12.1. The van der Waals surface area contributed by atoms with Gasteiger partial charge in [0.1, 0.15) is 0 Å². The van der Waals surface area contributed by atoms with Crippen LogP contribution in [0.5, 0.6) is 0 Å². The van der Waals surface area contributed by atoms with Crippen LogP contribution in [0.25, 0.3) is 0 Å². The van der Waals surface area contributed by atoms with Gasteiger partial charge in [-0.15, -0.1) is 0 Å². The number of hydrogen-bond acceptors (Lipinski definition) is 2. The molecule has 1 heterocycles. The number of likely N-dealkylation sites (tertiary alicyclic amines) is 1. The highest BCUT2D eigenvalue weighted by molar-refractivity contribution is 6.30. The highest BCUT2D eigenvalue weighted by Crippen LogP contribution is 2.27. The van der Waals surface area contributed by atoms with E-state index in [9.17, 15) is 9.59 Å². The van der Waals surface area contributed by atoms with Crippen molar-refractivity contribution in [2.24, 2.45) is 0 Å². The quantitative estimate of drug-likeness (QED) is 0.911.